The van der Waals surface area contributed by atoms with Crippen LogP contribution in [0.25, 0.3) is 17.1 Å². The molecular weight excluding hydrogens is 404 g/mol. The predicted molar refractivity (Wildman–Crippen MR) is 107 cm³/mol. The molecule has 5 rings (SSSR count). The van der Waals surface area contributed by atoms with Crippen molar-refractivity contribution in [3.63, 3.8) is 0 Å². The van der Waals surface area contributed by atoms with Crippen molar-refractivity contribution in [3.05, 3.63) is 59.8 Å². The molecule has 154 valence electrons. The second-order valence-electron chi connectivity index (χ2n) is 6.35. The van der Waals surface area contributed by atoms with Crippen LogP contribution in [-0.2, 0) is 0 Å². The van der Waals surface area contributed by atoms with E-state index in [2.05, 4.69) is 35.8 Å². The van der Waals surface area contributed by atoms with Crippen molar-refractivity contribution < 1.29 is 18.9 Å². The summed E-state index contributed by atoms with van der Waals surface area (Å²) in [5, 5.41) is 19.3. The lowest BCUT2D eigenvalue weighted by Gasteiger charge is -2.07. The molecule has 0 aliphatic carbocycles. The fourth-order valence-electron chi connectivity index (χ4n) is 2.98. The molecule has 0 saturated heterocycles. The molecule has 12 heteroatoms. The van der Waals surface area contributed by atoms with Crippen LogP contribution in [0.1, 0.15) is 16.1 Å². The number of nitrogens with zero attached hydrogens (tertiary/aromatic N) is 6. The monoisotopic (exact) mass is 418 g/mol. The molecule has 0 bridgehead atoms. The van der Waals surface area contributed by atoms with Crippen molar-refractivity contribution in [3.8, 4) is 28.6 Å². The first-order valence-electron chi connectivity index (χ1n) is 9.03. The van der Waals surface area contributed by atoms with E-state index in [9.17, 15) is 4.79 Å². The number of hydrogen-bond donors (Lipinski definition) is 2. The Labute approximate surface area is 174 Å². The number of nitrogens with one attached hydrogen (secondary N) is 1. The lowest BCUT2D eigenvalue weighted by atomic mass is 10.1. The van der Waals surface area contributed by atoms with Gasteiger partial charge >= 0.3 is 0 Å². The van der Waals surface area contributed by atoms with Gasteiger partial charge in [-0.1, -0.05) is 35.5 Å². The minimum absolute atomic E-state index is 0.00789. The van der Waals surface area contributed by atoms with Gasteiger partial charge in [-0.3, -0.25) is 4.79 Å². The Morgan fingerprint density at radius 1 is 1.13 bits per heavy atom. The Hall–Kier alpha value is -4.74. The molecule has 0 spiro atoms. The Kier molecular flexibility index (Phi) is 4.48. The summed E-state index contributed by atoms with van der Waals surface area (Å²) in [7, 11) is 0. The van der Waals surface area contributed by atoms with Crippen molar-refractivity contribution in [2.24, 2.45) is 5.10 Å². The number of hydrogen-bond acceptors (Lipinski definition) is 10. The zero-order valence-electron chi connectivity index (χ0n) is 15.8. The molecule has 1 aliphatic rings. The van der Waals surface area contributed by atoms with Gasteiger partial charge in [-0.05, 0) is 34.1 Å². The molecule has 3 heterocycles. The van der Waals surface area contributed by atoms with Crippen LogP contribution in [0.15, 0.2) is 58.3 Å². The number of carbonyl (C=O) groups excluding carboxylic acids is 1. The number of fused-ring (bicyclic) bond motifs is 1. The Morgan fingerprint density at radius 3 is 2.77 bits per heavy atom. The van der Waals surface area contributed by atoms with Gasteiger partial charge in [-0.25, -0.2) is 10.1 Å². The van der Waals surface area contributed by atoms with Gasteiger partial charge in [0.25, 0.3) is 5.91 Å². The molecule has 0 atom stereocenters. The first-order chi connectivity index (χ1) is 15.2. The summed E-state index contributed by atoms with van der Waals surface area (Å²) in [6.45, 7) is 0.109. The molecule has 0 unspecified atom stereocenters. The highest BCUT2D eigenvalue weighted by molar-refractivity contribution is 5.99. The van der Waals surface area contributed by atoms with Gasteiger partial charge in [0.1, 0.15) is 5.69 Å². The van der Waals surface area contributed by atoms with Crippen molar-refractivity contribution in [2.75, 3.05) is 12.5 Å². The first kappa shape index (κ1) is 18.3. The largest absolute Gasteiger partial charge is 0.454 e. The van der Waals surface area contributed by atoms with Crippen LogP contribution >= 0.6 is 0 Å². The van der Waals surface area contributed by atoms with Gasteiger partial charge in [0.15, 0.2) is 17.2 Å². The van der Waals surface area contributed by atoms with E-state index < -0.39 is 5.91 Å². The van der Waals surface area contributed by atoms with Crippen LogP contribution in [0.2, 0.25) is 0 Å². The highest BCUT2D eigenvalue weighted by Gasteiger charge is 2.26. The SMILES string of the molecule is Nc1nonc1-n1nnc(C(=O)NN=Cc2ccccc2)c1-c1ccc2c(c1)OCO2. The van der Waals surface area contributed by atoms with Crippen LogP contribution in [0, 0.1) is 0 Å². The number of carbonyl (C=O) groups is 1. The predicted octanol–water partition coefficient (Wildman–Crippen LogP) is 1.39. The number of rotatable bonds is 5. The standard InChI is InChI=1S/C19H14N8O4/c20-17-18(25-31-24-17)27-16(12-6-7-13-14(8-12)30-10-29-13)15(22-26-27)19(28)23-21-9-11-4-2-1-3-5-11/h1-9H,10H2,(H2,20,24)(H,23,28). The maximum Gasteiger partial charge on any atom is 0.294 e. The molecule has 12 nitrogen and oxygen atoms in total. The number of benzene rings is 2. The lowest BCUT2D eigenvalue weighted by Crippen LogP contribution is -2.19. The van der Waals surface area contributed by atoms with Crippen molar-refractivity contribution in [2.45, 2.75) is 0 Å². The van der Waals surface area contributed by atoms with Crippen LogP contribution < -0.4 is 20.6 Å². The second kappa shape index (κ2) is 7.59. The number of nitrogens with two attached hydrogens (primary N) is 1. The third-order valence-electron chi connectivity index (χ3n) is 4.41. The maximum atomic E-state index is 12.8. The van der Waals surface area contributed by atoms with Gasteiger partial charge in [-0.2, -0.15) is 9.78 Å². The average molecular weight is 418 g/mol. The Bertz CT molecular complexity index is 1280. The van der Waals surface area contributed by atoms with E-state index in [1.807, 2.05) is 30.3 Å². The van der Waals surface area contributed by atoms with E-state index >= 15 is 0 Å². The smallest absolute Gasteiger partial charge is 0.294 e. The Balaban J connectivity index is 1.53. The van der Waals surface area contributed by atoms with Crippen molar-refractivity contribution in [1.82, 2.24) is 30.7 Å². The summed E-state index contributed by atoms with van der Waals surface area (Å²) in [6.07, 6.45) is 1.52. The Morgan fingerprint density at radius 2 is 1.97 bits per heavy atom. The summed E-state index contributed by atoms with van der Waals surface area (Å²) in [4.78, 5) is 12.8. The van der Waals surface area contributed by atoms with E-state index in [4.69, 9.17) is 15.2 Å². The molecule has 4 aromatic rings. The van der Waals surface area contributed by atoms with Gasteiger partial charge in [0.05, 0.1) is 6.21 Å². The van der Waals surface area contributed by atoms with Crippen LogP contribution in [0.3, 0.4) is 0 Å². The number of nitrogen functional groups attached to an aromatic ring is 1. The summed E-state index contributed by atoms with van der Waals surface area (Å²) < 4.78 is 16.7. The molecule has 1 aliphatic heterocycles. The molecule has 2 aromatic heterocycles. The molecular formula is C19H14N8O4. The highest BCUT2D eigenvalue weighted by Crippen LogP contribution is 2.37. The van der Waals surface area contributed by atoms with E-state index in [1.165, 1.54) is 10.9 Å². The molecule has 0 saturated carbocycles. The molecule has 0 fully saturated rings. The molecule has 0 radical (unpaired) electrons. The molecule has 1 amide bonds. The summed E-state index contributed by atoms with van der Waals surface area (Å²) >= 11 is 0. The molecule has 31 heavy (non-hydrogen) atoms. The normalized spacial score (nSPS) is 12.4. The summed E-state index contributed by atoms with van der Waals surface area (Å²) in [6, 6.07) is 14.5. The van der Waals surface area contributed by atoms with E-state index in [1.54, 1.807) is 18.2 Å². The second-order valence-corrected chi connectivity index (χ2v) is 6.35. The van der Waals surface area contributed by atoms with Gasteiger partial charge in [0, 0.05) is 5.56 Å². The summed E-state index contributed by atoms with van der Waals surface area (Å²) in [5.41, 5.74) is 9.94. The number of hydrazone groups is 1. The van der Waals surface area contributed by atoms with E-state index in [-0.39, 0.29) is 24.1 Å². The minimum atomic E-state index is -0.582. The quantitative estimate of drug-likeness (QED) is 0.361. The maximum absolute atomic E-state index is 12.8. The first-order valence-corrected chi connectivity index (χ1v) is 9.03. The molecule has 3 N–H and O–H groups in total. The number of amides is 1. The third kappa shape index (κ3) is 3.42. The summed E-state index contributed by atoms with van der Waals surface area (Å²) in [5.74, 6) is 0.600. The van der Waals surface area contributed by atoms with E-state index in [0.717, 1.165) is 5.56 Å². The third-order valence-corrected chi connectivity index (χ3v) is 4.41. The topological polar surface area (TPSA) is 156 Å². The van der Waals surface area contributed by atoms with Crippen LogP contribution in [0.4, 0.5) is 5.82 Å². The number of anilines is 1. The lowest BCUT2D eigenvalue weighted by molar-refractivity contribution is 0.0950. The number of ether oxygens (including phenoxy) is 2. The fraction of sp³-hybridized carbons (Fsp3) is 0.0526. The highest BCUT2D eigenvalue weighted by atomic mass is 16.7. The zero-order chi connectivity index (χ0) is 21.2. The van der Waals surface area contributed by atoms with Gasteiger partial charge in [-0.15, -0.1) is 5.10 Å². The van der Waals surface area contributed by atoms with E-state index in [0.29, 0.717) is 22.8 Å². The number of aromatic nitrogens is 5. The van der Waals surface area contributed by atoms with Crippen molar-refractivity contribution in [1.29, 1.82) is 0 Å². The van der Waals surface area contributed by atoms with Crippen LogP contribution in [-0.4, -0.2) is 44.2 Å². The zero-order valence-corrected chi connectivity index (χ0v) is 15.8. The fourth-order valence-corrected chi connectivity index (χ4v) is 2.98. The molecule has 2 aromatic carbocycles. The van der Waals surface area contributed by atoms with Crippen LogP contribution in [0.5, 0.6) is 11.5 Å². The average Bonchev–Trinajstić information content (AvgIpc) is 3.52. The van der Waals surface area contributed by atoms with Crippen molar-refractivity contribution >= 4 is 17.9 Å². The van der Waals surface area contributed by atoms with Gasteiger partial charge < -0.3 is 15.2 Å². The minimum Gasteiger partial charge on any atom is -0.454 e. The van der Waals surface area contributed by atoms with Gasteiger partial charge in [0.2, 0.25) is 18.4 Å².